The van der Waals surface area contributed by atoms with Crippen molar-refractivity contribution in [1.82, 2.24) is 9.62 Å². The van der Waals surface area contributed by atoms with Crippen LogP contribution in [0.5, 0.6) is 0 Å². The van der Waals surface area contributed by atoms with Crippen LogP contribution in [0.3, 0.4) is 0 Å². The molecule has 0 radical (unpaired) electrons. The minimum Gasteiger partial charge on any atom is -0.337 e. The van der Waals surface area contributed by atoms with Crippen LogP contribution in [-0.4, -0.2) is 43.8 Å². The fourth-order valence-corrected chi connectivity index (χ4v) is 4.58. The predicted molar refractivity (Wildman–Crippen MR) is 120 cm³/mol. The van der Waals surface area contributed by atoms with Crippen LogP contribution in [0.4, 0.5) is 5.69 Å². The highest BCUT2D eigenvalue weighted by molar-refractivity contribution is 7.89. The van der Waals surface area contributed by atoms with Crippen molar-refractivity contribution in [3.63, 3.8) is 0 Å². The molecule has 1 heterocycles. The van der Waals surface area contributed by atoms with Crippen LogP contribution in [0.15, 0.2) is 59.5 Å². The molecule has 0 saturated carbocycles. The van der Waals surface area contributed by atoms with Gasteiger partial charge < -0.3 is 10.2 Å². The van der Waals surface area contributed by atoms with Crippen LogP contribution in [0.2, 0.25) is 0 Å². The number of amides is 2. The third-order valence-corrected chi connectivity index (χ3v) is 6.76. The molecule has 166 valence electrons. The van der Waals surface area contributed by atoms with Gasteiger partial charge in [-0.2, -0.15) is 0 Å². The third-order valence-electron chi connectivity index (χ3n) is 5.29. The first-order valence-corrected chi connectivity index (χ1v) is 11.8. The van der Waals surface area contributed by atoms with Crippen LogP contribution in [0, 0.1) is 5.92 Å². The van der Waals surface area contributed by atoms with Gasteiger partial charge in [0.25, 0.3) is 0 Å². The Morgan fingerprint density at radius 3 is 2.29 bits per heavy atom. The van der Waals surface area contributed by atoms with Crippen LogP contribution in [-0.2, 0) is 26.0 Å². The van der Waals surface area contributed by atoms with Crippen molar-refractivity contribution < 1.29 is 18.0 Å². The quantitative estimate of drug-likeness (QED) is 0.688. The molecule has 0 bridgehead atoms. The SMILES string of the molecule is CC(C)(C)N1C[C@H](C(=O)Nc2ccc(S(=O)(=O)NCCc3ccccc3)cc2)CC1=O. The number of carbonyl (C=O) groups excluding carboxylic acids is 2. The topological polar surface area (TPSA) is 95.6 Å². The molecule has 0 aliphatic carbocycles. The van der Waals surface area contributed by atoms with E-state index in [-0.39, 0.29) is 28.7 Å². The summed E-state index contributed by atoms with van der Waals surface area (Å²) in [5, 5.41) is 2.79. The van der Waals surface area contributed by atoms with Crippen molar-refractivity contribution in [3.05, 3.63) is 60.2 Å². The van der Waals surface area contributed by atoms with Gasteiger partial charge >= 0.3 is 0 Å². The van der Waals surface area contributed by atoms with Gasteiger partial charge in [-0.1, -0.05) is 30.3 Å². The fourth-order valence-electron chi connectivity index (χ4n) is 3.55. The smallest absolute Gasteiger partial charge is 0.240 e. The number of likely N-dealkylation sites (tertiary alicyclic amines) is 1. The Hall–Kier alpha value is -2.71. The first-order valence-electron chi connectivity index (χ1n) is 10.3. The van der Waals surface area contributed by atoms with Gasteiger partial charge in [-0.15, -0.1) is 0 Å². The Morgan fingerprint density at radius 2 is 1.71 bits per heavy atom. The molecule has 0 unspecified atom stereocenters. The molecule has 7 nitrogen and oxygen atoms in total. The lowest BCUT2D eigenvalue weighted by atomic mass is 10.1. The zero-order valence-electron chi connectivity index (χ0n) is 18.1. The van der Waals surface area contributed by atoms with Crippen molar-refractivity contribution in [3.8, 4) is 0 Å². The summed E-state index contributed by atoms with van der Waals surface area (Å²) in [6, 6.07) is 15.7. The maximum absolute atomic E-state index is 12.6. The summed E-state index contributed by atoms with van der Waals surface area (Å²) in [5.41, 5.74) is 1.23. The number of sulfonamides is 1. The number of hydrogen-bond acceptors (Lipinski definition) is 4. The molecule has 1 atom stereocenters. The summed E-state index contributed by atoms with van der Waals surface area (Å²) in [6.45, 7) is 6.51. The highest BCUT2D eigenvalue weighted by Gasteiger charge is 2.39. The van der Waals surface area contributed by atoms with E-state index in [1.165, 1.54) is 12.1 Å². The molecule has 1 aliphatic rings. The highest BCUT2D eigenvalue weighted by atomic mass is 32.2. The second-order valence-electron chi connectivity index (χ2n) is 8.72. The van der Waals surface area contributed by atoms with Gasteiger partial charge in [0.15, 0.2) is 0 Å². The standard InChI is InChI=1S/C23H29N3O4S/c1-23(2,3)26-16-18(15-21(26)27)22(28)25-19-9-11-20(12-10-19)31(29,30)24-14-13-17-7-5-4-6-8-17/h4-12,18,24H,13-16H2,1-3H3,(H,25,28)/t18-/m1/s1. The minimum absolute atomic E-state index is 0.0318. The van der Waals surface area contributed by atoms with Crippen molar-refractivity contribution in [2.45, 2.75) is 44.0 Å². The van der Waals surface area contributed by atoms with Gasteiger partial charge in [0.05, 0.1) is 10.8 Å². The molecular weight excluding hydrogens is 414 g/mol. The molecule has 2 amide bonds. The maximum atomic E-state index is 12.6. The van der Waals surface area contributed by atoms with Crippen LogP contribution >= 0.6 is 0 Å². The number of nitrogens with one attached hydrogen (secondary N) is 2. The van der Waals surface area contributed by atoms with E-state index in [0.717, 1.165) is 5.56 Å². The van der Waals surface area contributed by atoms with E-state index in [2.05, 4.69) is 10.0 Å². The predicted octanol–water partition coefficient (Wildman–Crippen LogP) is 2.79. The summed E-state index contributed by atoms with van der Waals surface area (Å²) in [6.07, 6.45) is 0.779. The van der Waals surface area contributed by atoms with Gasteiger partial charge in [0, 0.05) is 30.7 Å². The number of benzene rings is 2. The average molecular weight is 444 g/mol. The van der Waals surface area contributed by atoms with Gasteiger partial charge in [-0.25, -0.2) is 13.1 Å². The number of carbonyl (C=O) groups is 2. The second-order valence-corrected chi connectivity index (χ2v) is 10.5. The van der Waals surface area contributed by atoms with Crippen LogP contribution in [0.25, 0.3) is 0 Å². The largest absolute Gasteiger partial charge is 0.337 e. The monoisotopic (exact) mass is 443 g/mol. The Bertz CT molecular complexity index is 1030. The summed E-state index contributed by atoms with van der Waals surface area (Å²) < 4.78 is 27.6. The normalized spacial score (nSPS) is 17.1. The second kappa shape index (κ2) is 9.20. The number of rotatable bonds is 7. The van der Waals surface area contributed by atoms with E-state index >= 15 is 0 Å². The molecule has 31 heavy (non-hydrogen) atoms. The Kier molecular flexibility index (Phi) is 6.81. The Labute approximate surface area is 183 Å². The molecule has 2 N–H and O–H groups in total. The fraction of sp³-hybridized carbons (Fsp3) is 0.391. The van der Waals surface area contributed by atoms with E-state index in [1.54, 1.807) is 17.0 Å². The van der Waals surface area contributed by atoms with Crippen LogP contribution in [0.1, 0.15) is 32.8 Å². The molecule has 3 rings (SSSR count). The first-order chi connectivity index (χ1) is 14.6. The van der Waals surface area contributed by atoms with Crippen molar-refractivity contribution >= 4 is 27.5 Å². The number of anilines is 1. The molecule has 0 aromatic heterocycles. The van der Waals surface area contributed by atoms with E-state index in [1.807, 2.05) is 51.1 Å². The highest BCUT2D eigenvalue weighted by Crippen LogP contribution is 2.27. The van der Waals surface area contributed by atoms with Crippen LogP contribution < -0.4 is 10.0 Å². The zero-order chi connectivity index (χ0) is 22.6. The molecule has 0 spiro atoms. The zero-order valence-corrected chi connectivity index (χ0v) is 18.9. The molecule has 1 fully saturated rings. The Morgan fingerprint density at radius 1 is 1.06 bits per heavy atom. The molecule has 8 heteroatoms. The van der Waals surface area contributed by atoms with Crippen molar-refractivity contribution in [2.75, 3.05) is 18.4 Å². The van der Waals surface area contributed by atoms with Gasteiger partial charge in [-0.05, 0) is 57.0 Å². The summed E-state index contributed by atoms with van der Waals surface area (Å²) in [4.78, 5) is 26.6. The lowest BCUT2D eigenvalue weighted by molar-refractivity contribution is -0.131. The molecule has 1 aliphatic heterocycles. The van der Waals surface area contributed by atoms with Crippen molar-refractivity contribution in [1.29, 1.82) is 0 Å². The van der Waals surface area contributed by atoms with E-state index in [0.29, 0.717) is 25.2 Å². The summed E-state index contributed by atoms with van der Waals surface area (Å²) in [5.74, 6) is -0.692. The molecular formula is C23H29N3O4S. The number of nitrogens with zero attached hydrogens (tertiary/aromatic N) is 1. The van der Waals surface area contributed by atoms with E-state index < -0.39 is 15.9 Å². The molecule has 1 saturated heterocycles. The summed E-state index contributed by atoms with van der Waals surface area (Å²) >= 11 is 0. The minimum atomic E-state index is -3.64. The van der Waals surface area contributed by atoms with E-state index in [9.17, 15) is 18.0 Å². The lowest BCUT2D eigenvalue weighted by Crippen LogP contribution is -2.42. The van der Waals surface area contributed by atoms with Gasteiger partial charge in [-0.3, -0.25) is 9.59 Å². The summed E-state index contributed by atoms with van der Waals surface area (Å²) in [7, 11) is -3.64. The first kappa shape index (κ1) is 23.0. The molecule has 2 aromatic rings. The van der Waals surface area contributed by atoms with Crippen molar-refractivity contribution in [2.24, 2.45) is 5.92 Å². The van der Waals surface area contributed by atoms with Gasteiger partial charge in [0.2, 0.25) is 21.8 Å². The molecule has 2 aromatic carbocycles. The number of hydrogen-bond donors (Lipinski definition) is 2. The third kappa shape index (κ3) is 5.92. The average Bonchev–Trinajstić information content (AvgIpc) is 3.11. The van der Waals surface area contributed by atoms with Gasteiger partial charge in [0.1, 0.15) is 0 Å². The van der Waals surface area contributed by atoms with E-state index in [4.69, 9.17) is 0 Å². The Balaban J connectivity index is 1.56. The lowest BCUT2D eigenvalue weighted by Gasteiger charge is -2.31. The maximum Gasteiger partial charge on any atom is 0.240 e.